The predicted molar refractivity (Wildman–Crippen MR) is 136 cm³/mol. The first-order chi connectivity index (χ1) is 16.4. The molecule has 34 heavy (non-hydrogen) atoms. The zero-order valence-corrected chi connectivity index (χ0v) is 20.9. The molecule has 1 saturated heterocycles. The number of aromatic nitrogens is 2. The number of carbonyl (C=O) groups is 1. The molecule has 1 fully saturated rings. The second-order valence-electron chi connectivity index (χ2n) is 9.88. The lowest BCUT2D eigenvalue weighted by Gasteiger charge is -2.29. The van der Waals surface area contributed by atoms with Gasteiger partial charge in [-0.25, -0.2) is 9.78 Å². The molecule has 2 aliphatic rings. The zero-order valence-electron chi connectivity index (χ0n) is 20.1. The Morgan fingerprint density at radius 3 is 2.79 bits per heavy atom. The minimum absolute atomic E-state index is 0.253. The van der Waals surface area contributed by atoms with Crippen molar-refractivity contribution in [1.82, 2.24) is 19.8 Å². The van der Waals surface area contributed by atoms with E-state index in [0.29, 0.717) is 13.1 Å². The van der Waals surface area contributed by atoms with Crippen molar-refractivity contribution in [2.24, 2.45) is 0 Å². The van der Waals surface area contributed by atoms with Crippen molar-refractivity contribution >= 4 is 34.0 Å². The monoisotopic (exact) mass is 480 g/mol. The minimum atomic E-state index is -0.482. The van der Waals surface area contributed by atoms with Gasteiger partial charge in [0.1, 0.15) is 11.2 Å². The molecule has 0 radical (unpaired) electrons. The summed E-state index contributed by atoms with van der Waals surface area (Å²) >= 11 is 1.83. The van der Waals surface area contributed by atoms with Crippen LogP contribution < -0.4 is 0 Å². The molecule has 0 atom stereocenters. The van der Waals surface area contributed by atoms with Gasteiger partial charge in [0.15, 0.2) is 0 Å². The van der Waals surface area contributed by atoms with Crippen molar-refractivity contribution in [2.45, 2.75) is 39.3 Å². The number of pyridine rings is 1. The molecule has 180 valence electrons. The third kappa shape index (κ3) is 5.19. The fraction of sp³-hybridized carbons (Fsp3) is 0.462. The Labute approximate surface area is 204 Å². The van der Waals surface area contributed by atoms with Gasteiger partial charge < -0.3 is 19.4 Å². The number of fused-ring (bicyclic) bond motifs is 1. The third-order valence-electron chi connectivity index (χ3n) is 6.17. The Morgan fingerprint density at radius 1 is 1.24 bits per heavy atom. The minimum Gasteiger partial charge on any atom is -0.444 e. The lowest BCUT2D eigenvalue weighted by atomic mass is 9.99. The van der Waals surface area contributed by atoms with E-state index in [2.05, 4.69) is 34.2 Å². The summed E-state index contributed by atoms with van der Waals surface area (Å²) in [6, 6.07) is 6.67. The van der Waals surface area contributed by atoms with E-state index in [1.54, 1.807) is 4.90 Å². The number of hydrogen-bond donors (Lipinski definition) is 1. The first-order valence-corrected chi connectivity index (χ1v) is 12.7. The number of carbonyl (C=O) groups excluding carboxylic acids is 1. The third-order valence-corrected chi connectivity index (χ3v) is 7.29. The van der Waals surface area contributed by atoms with E-state index in [1.165, 1.54) is 20.9 Å². The number of hydrogen-bond acceptors (Lipinski definition) is 6. The van der Waals surface area contributed by atoms with E-state index in [1.807, 2.05) is 44.5 Å². The molecule has 7 nitrogen and oxygen atoms in total. The smallest absolute Gasteiger partial charge is 0.410 e. The summed E-state index contributed by atoms with van der Waals surface area (Å²) in [5.41, 5.74) is 3.95. The Kier molecular flexibility index (Phi) is 6.46. The highest BCUT2D eigenvalue weighted by Gasteiger charge is 2.24. The number of H-pyrrole nitrogens is 1. The van der Waals surface area contributed by atoms with Crippen LogP contribution in [0.2, 0.25) is 0 Å². The van der Waals surface area contributed by atoms with Gasteiger partial charge in [-0.2, -0.15) is 0 Å². The number of ether oxygens (including phenoxy) is 2. The molecule has 5 heterocycles. The van der Waals surface area contributed by atoms with Gasteiger partial charge in [-0.05, 0) is 51.0 Å². The van der Waals surface area contributed by atoms with Crippen molar-refractivity contribution in [2.75, 3.05) is 39.4 Å². The average molecular weight is 481 g/mol. The second kappa shape index (κ2) is 9.52. The Bertz CT molecular complexity index is 1200. The Hall–Kier alpha value is -2.68. The maximum absolute atomic E-state index is 12.4. The number of rotatable bonds is 4. The van der Waals surface area contributed by atoms with Crippen molar-refractivity contribution in [1.29, 1.82) is 0 Å². The van der Waals surface area contributed by atoms with Gasteiger partial charge in [-0.1, -0.05) is 6.08 Å². The van der Waals surface area contributed by atoms with Gasteiger partial charge in [-0.15, -0.1) is 11.3 Å². The Balaban J connectivity index is 1.32. The number of thiophene rings is 1. The maximum Gasteiger partial charge on any atom is 0.410 e. The highest BCUT2D eigenvalue weighted by molar-refractivity contribution is 7.15. The number of amides is 1. The van der Waals surface area contributed by atoms with Gasteiger partial charge in [-0.3, -0.25) is 4.90 Å². The lowest BCUT2D eigenvalue weighted by molar-refractivity contribution is 0.0270. The van der Waals surface area contributed by atoms with E-state index in [-0.39, 0.29) is 6.09 Å². The molecule has 0 saturated carbocycles. The molecule has 0 unspecified atom stereocenters. The molecule has 3 aromatic rings. The second-order valence-corrected chi connectivity index (χ2v) is 11.1. The summed E-state index contributed by atoms with van der Waals surface area (Å²) in [5, 5.41) is 1.12. The van der Waals surface area contributed by atoms with Crippen LogP contribution in [0.5, 0.6) is 0 Å². The molecule has 8 heteroatoms. The van der Waals surface area contributed by atoms with Crippen LogP contribution in [-0.4, -0.2) is 70.9 Å². The molecule has 3 aromatic heterocycles. The maximum atomic E-state index is 12.4. The number of nitrogens with zero attached hydrogens (tertiary/aromatic N) is 3. The fourth-order valence-corrected chi connectivity index (χ4v) is 5.44. The van der Waals surface area contributed by atoms with Crippen molar-refractivity contribution in [3.63, 3.8) is 0 Å². The first-order valence-electron chi connectivity index (χ1n) is 11.9. The van der Waals surface area contributed by atoms with E-state index < -0.39 is 5.60 Å². The number of aromatic amines is 1. The molecular weight excluding hydrogens is 448 g/mol. The van der Waals surface area contributed by atoms with Gasteiger partial charge in [0.2, 0.25) is 0 Å². The van der Waals surface area contributed by atoms with E-state index in [0.717, 1.165) is 55.9 Å². The quantitative estimate of drug-likeness (QED) is 0.559. The van der Waals surface area contributed by atoms with Gasteiger partial charge in [0.25, 0.3) is 0 Å². The molecule has 0 spiro atoms. The van der Waals surface area contributed by atoms with E-state index >= 15 is 0 Å². The van der Waals surface area contributed by atoms with Crippen LogP contribution in [0.25, 0.3) is 27.0 Å². The van der Waals surface area contributed by atoms with E-state index in [9.17, 15) is 4.79 Å². The normalized spacial score (nSPS) is 17.7. The van der Waals surface area contributed by atoms with Crippen LogP contribution in [0.15, 0.2) is 36.7 Å². The van der Waals surface area contributed by atoms with Gasteiger partial charge in [0.05, 0.1) is 13.2 Å². The summed E-state index contributed by atoms with van der Waals surface area (Å²) in [4.78, 5) is 27.2. The van der Waals surface area contributed by atoms with Gasteiger partial charge >= 0.3 is 6.09 Å². The first kappa shape index (κ1) is 23.1. The van der Waals surface area contributed by atoms with Crippen molar-refractivity contribution < 1.29 is 14.3 Å². The van der Waals surface area contributed by atoms with E-state index in [4.69, 9.17) is 14.5 Å². The summed E-state index contributed by atoms with van der Waals surface area (Å²) in [6.07, 6.45) is 6.66. The molecule has 2 aliphatic heterocycles. The summed E-state index contributed by atoms with van der Waals surface area (Å²) < 4.78 is 11.0. The molecule has 0 aromatic carbocycles. The van der Waals surface area contributed by atoms with Crippen molar-refractivity contribution in [3.05, 3.63) is 47.1 Å². The van der Waals surface area contributed by atoms with Gasteiger partial charge in [0, 0.05) is 71.4 Å². The predicted octanol–water partition coefficient (Wildman–Crippen LogP) is 5.15. The largest absolute Gasteiger partial charge is 0.444 e. The molecule has 1 amide bonds. The molecule has 0 aliphatic carbocycles. The van der Waals surface area contributed by atoms with Crippen LogP contribution >= 0.6 is 11.3 Å². The topological polar surface area (TPSA) is 70.7 Å². The zero-order chi connectivity index (χ0) is 23.7. The fourth-order valence-electron chi connectivity index (χ4n) is 4.41. The average Bonchev–Trinajstić information content (AvgIpc) is 3.45. The van der Waals surface area contributed by atoms with Crippen LogP contribution in [-0.2, 0) is 16.0 Å². The van der Waals surface area contributed by atoms with Crippen LogP contribution in [0.1, 0.15) is 37.6 Å². The summed E-state index contributed by atoms with van der Waals surface area (Å²) in [7, 11) is 0. The van der Waals surface area contributed by atoms with Crippen LogP contribution in [0, 0.1) is 0 Å². The molecule has 1 N–H and O–H groups in total. The van der Waals surface area contributed by atoms with Crippen LogP contribution in [0.4, 0.5) is 4.79 Å². The number of nitrogens with one attached hydrogen (secondary N) is 1. The Morgan fingerprint density at radius 2 is 2.06 bits per heavy atom. The van der Waals surface area contributed by atoms with Crippen molar-refractivity contribution in [3.8, 4) is 10.4 Å². The highest BCUT2D eigenvalue weighted by atomic mass is 32.1. The highest BCUT2D eigenvalue weighted by Crippen LogP contribution is 2.34. The summed E-state index contributed by atoms with van der Waals surface area (Å²) in [5.74, 6) is 0. The lowest BCUT2D eigenvalue weighted by Crippen LogP contribution is -2.39. The standard InChI is InChI=1S/C26H32N4O3S/c1-26(2,3)33-25(31)30-8-6-18(7-9-30)22-16-28-24-21(22)14-19(15-27-24)23-5-4-20(34-23)17-29-10-12-32-13-11-29/h4-6,14-16H,7-13,17H2,1-3H3,(H,27,28). The molecule has 5 rings (SSSR count). The van der Waals surface area contributed by atoms with Crippen LogP contribution in [0.3, 0.4) is 0 Å². The summed E-state index contributed by atoms with van der Waals surface area (Å²) in [6.45, 7) is 11.5. The number of morpholine rings is 1. The molecule has 0 bridgehead atoms. The SMILES string of the molecule is CC(C)(C)OC(=O)N1CC=C(c2c[nH]c3ncc(-c4ccc(CN5CCOCC5)s4)cc23)CC1. The molecular formula is C26H32N4O3S.